The lowest BCUT2D eigenvalue weighted by Gasteiger charge is -2.33. The zero-order valence-electron chi connectivity index (χ0n) is 19.5. The Kier molecular flexibility index (Phi) is 8.87. The molecular weight excluding hydrogens is 430 g/mol. The lowest BCUT2D eigenvalue weighted by atomic mass is 9.94. The topological polar surface area (TPSA) is 119 Å². The highest BCUT2D eigenvalue weighted by Gasteiger charge is 2.24. The van der Waals surface area contributed by atoms with Crippen LogP contribution in [0, 0.1) is 0 Å². The Balaban J connectivity index is 1.80. The molecule has 1 saturated heterocycles. The summed E-state index contributed by atoms with van der Waals surface area (Å²) < 4.78 is 0. The summed E-state index contributed by atoms with van der Waals surface area (Å²) in [5.74, 6) is -0.0653. The monoisotopic (exact) mass is 465 g/mol. The molecule has 182 valence electrons. The second-order valence-electron chi connectivity index (χ2n) is 8.84. The Labute approximate surface area is 201 Å². The summed E-state index contributed by atoms with van der Waals surface area (Å²) in [5, 5.41) is 33.7. The number of phenols is 2. The van der Waals surface area contributed by atoms with Crippen molar-refractivity contribution in [1.29, 1.82) is 0 Å². The third-order valence-electron chi connectivity index (χ3n) is 6.22. The van der Waals surface area contributed by atoms with Crippen LogP contribution in [0.15, 0.2) is 55.6 Å². The third-order valence-corrected chi connectivity index (χ3v) is 6.22. The number of rotatable bonds is 10. The number of amides is 1. The lowest BCUT2D eigenvalue weighted by Crippen LogP contribution is -2.50. The number of carbonyl (C=O) groups is 1. The number of nitrogens with zero attached hydrogens (tertiary/aromatic N) is 1. The van der Waals surface area contributed by atoms with Crippen LogP contribution in [0.2, 0.25) is 0 Å². The fourth-order valence-corrected chi connectivity index (χ4v) is 4.33. The van der Waals surface area contributed by atoms with Crippen molar-refractivity contribution in [2.75, 3.05) is 19.7 Å². The first-order valence-electron chi connectivity index (χ1n) is 11.6. The van der Waals surface area contributed by atoms with Gasteiger partial charge in [0.1, 0.15) is 17.5 Å². The van der Waals surface area contributed by atoms with Crippen LogP contribution in [0.4, 0.5) is 0 Å². The largest absolute Gasteiger partial charge is 0.507 e. The van der Waals surface area contributed by atoms with Crippen molar-refractivity contribution in [3.05, 3.63) is 72.3 Å². The van der Waals surface area contributed by atoms with Crippen molar-refractivity contribution in [2.45, 2.75) is 44.3 Å². The summed E-state index contributed by atoms with van der Waals surface area (Å²) in [6, 6.07) is 8.39. The molecule has 0 aliphatic carbocycles. The summed E-state index contributed by atoms with van der Waals surface area (Å²) >= 11 is 0. The molecule has 1 aliphatic heterocycles. The van der Waals surface area contributed by atoms with Crippen LogP contribution >= 0.6 is 0 Å². The molecule has 0 saturated carbocycles. The summed E-state index contributed by atoms with van der Waals surface area (Å²) in [6.45, 7) is 9.29. The molecule has 2 aromatic rings. The average molecular weight is 466 g/mol. The van der Waals surface area contributed by atoms with Gasteiger partial charge in [-0.1, -0.05) is 24.3 Å². The number of piperidine rings is 1. The molecule has 1 heterocycles. The number of hydrogen-bond donors (Lipinski definition) is 5. The number of phenolic OH excluding ortho intramolecular Hbond substituents is 2. The van der Waals surface area contributed by atoms with Gasteiger partial charge in [0.05, 0.1) is 6.61 Å². The van der Waals surface area contributed by atoms with Crippen molar-refractivity contribution >= 4 is 5.91 Å². The van der Waals surface area contributed by atoms with Gasteiger partial charge in [-0.2, -0.15) is 0 Å². The minimum absolute atomic E-state index is 0.0159. The minimum atomic E-state index is -0.901. The second kappa shape index (κ2) is 11.8. The van der Waals surface area contributed by atoms with Crippen molar-refractivity contribution in [1.82, 2.24) is 10.2 Å². The van der Waals surface area contributed by atoms with E-state index in [-0.39, 0.29) is 30.1 Å². The molecule has 0 bridgehead atoms. The van der Waals surface area contributed by atoms with Crippen LogP contribution in [0.3, 0.4) is 0 Å². The summed E-state index contributed by atoms with van der Waals surface area (Å²) in [7, 11) is 0. The minimum Gasteiger partial charge on any atom is -0.507 e. The number of aliphatic hydroxyl groups excluding tert-OH is 1. The van der Waals surface area contributed by atoms with E-state index in [2.05, 4.69) is 23.4 Å². The van der Waals surface area contributed by atoms with Crippen LogP contribution in [-0.2, 0) is 24.2 Å². The molecule has 2 aromatic carbocycles. The first-order chi connectivity index (χ1) is 16.4. The standard InChI is InChI=1S/C27H35N3O4/c1-3-5-18-7-8-25(32)22(14-18)23-15-19(6-4-2)13-20(26(23)33)16-30-11-9-21(10-12-30)29-27(34)24(28)17-31/h3-4,7-8,13-15,21,24,31-33H,1-2,5-6,9-12,16-17,28H2,(H,29,34)/t24-/m0/s1. The Morgan fingerprint density at radius 1 is 1.09 bits per heavy atom. The second-order valence-corrected chi connectivity index (χ2v) is 8.84. The molecule has 7 heteroatoms. The van der Waals surface area contributed by atoms with Gasteiger partial charge in [-0.25, -0.2) is 0 Å². The zero-order chi connectivity index (χ0) is 24.7. The highest BCUT2D eigenvalue weighted by Crippen LogP contribution is 2.39. The number of nitrogens with two attached hydrogens (primary N) is 1. The van der Waals surface area contributed by atoms with Gasteiger partial charge in [0, 0.05) is 42.4 Å². The van der Waals surface area contributed by atoms with Gasteiger partial charge in [-0.05, 0) is 55.0 Å². The molecule has 0 aromatic heterocycles. The quantitative estimate of drug-likeness (QED) is 0.344. The number of aromatic hydroxyl groups is 2. The van der Waals surface area contributed by atoms with E-state index >= 15 is 0 Å². The van der Waals surface area contributed by atoms with E-state index in [1.807, 2.05) is 30.3 Å². The van der Waals surface area contributed by atoms with Crippen LogP contribution in [0.1, 0.15) is 29.5 Å². The summed E-state index contributed by atoms with van der Waals surface area (Å²) in [5.41, 5.74) is 9.56. The summed E-state index contributed by atoms with van der Waals surface area (Å²) in [4.78, 5) is 14.2. The van der Waals surface area contributed by atoms with Gasteiger partial charge in [-0.15, -0.1) is 13.2 Å². The number of benzene rings is 2. The fraction of sp³-hybridized carbons (Fsp3) is 0.370. The first kappa shape index (κ1) is 25.5. The average Bonchev–Trinajstić information content (AvgIpc) is 2.83. The van der Waals surface area contributed by atoms with Crippen molar-refractivity contribution in [3.63, 3.8) is 0 Å². The molecule has 34 heavy (non-hydrogen) atoms. The SMILES string of the molecule is C=CCc1ccc(O)c(-c2cc(CC=C)cc(CN3CCC(NC(=O)[C@@H](N)CO)CC3)c2O)c1. The number of allylic oxidation sites excluding steroid dienone is 2. The first-order valence-corrected chi connectivity index (χ1v) is 11.6. The predicted molar refractivity (Wildman–Crippen MR) is 135 cm³/mol. The summed E-state index contributed by atoms with van der Waals surface area (Å²) in [6.07, 6.45) is 6.45. The zero-order valence-corrected chi connectivity index (χ0v) is 19.5. The van der Waals surface area contributed by atoms with Gasteiger partial charge >= 0.3 is 0 Å². The van der Waals surface area contributed by atoms with Gasteiger partial charge < -0.3 is 26.4 Å². The molecule has 1 fully saturated rings. The van der Waals surface area contributed by atoms with Gasteiger partial charge in [0.15, 0.2) is 0 Å². The molecule has 7 nitrogen and oxygen atoms in total. The smallest absolute Gasteiger partial charge is 0.239 e. The Morgan fingerprint density at radius 2 is 1.74 bits per heavy atom. The van der Waals surface area contributed by atoms with E-state index < -0.39 is 6.04 Å². The molecule has 1 aliphatic rings. The van der Waals surface area contributed by atoms with Gasteiger partial charge in [0.2, 0.25) is 5.91 Å². The number of likely N-dealkylation sites (tertiary alicyclic amines) is 1. The maximum atomic E-state index is 11.9. The Hall–Kier alpha value is -3.13. The fourth-order valence-electron chi connectivity index (χ4n) is 4.33. The van der Waals surface area contributed by atoms with E-state index in [1.54, 1.807) is 12.1 Å². The van der Waals surface area contributed by atoms with Gasteiger partial charge in [0.25, 0.3) is 0 Å². The number of carbonyl (C=O) groups excluding carboxylic acids is 1. The van der Waals surface area contributed by atoms with Gasteiger partial charge in [-0.3, -0.25) is 9.69 Å². The molecule has 0 unspecified atom stereocenters. The van der Waals surface area contributed by atoms with Crippen LogP contribution in [0.25, 0.3) is 11.1 Å². The van der Waals surface area contributed by atoms with E-state index in [0.717, 1.165) is 42.6 Å². The van der Waals surface area contributed by atoms with E-state index in [9.17, 15) is 15.0 Å². The third kappa shape index (κ3) is 6.26. The maximum absolute atomic E-state index is 11.9. The molecule has 0 spiro atoms. The molecular formula is C27H35N3O4. The number of nitrogens with one attached hydrogen (secondary N) is 1. The predicted octanol–water partition coefficient (Wildman–Crippen LogP) is 2.62. The highest BCUT2D eigenvalue weighted by atomic mass is 16.3. The van der Waals surface area contributed by atoms with E-state index in [0.29, 0.717) is 30.5 Å². The van der Waals surface area contributed by atoms with Crippen LogP contribution in [0.5, 0.6) is 11.5 Å². The molecule has 1 atom stereocenters. The van der Waals surface area contributed by atoms with Crippen molar-refractivity contribution in [2.24, 2.45) is 5.73 Å². The highest BCUT2D eigenvalue weighted by molar-refractivity contribution is 5.82. The van der Waals surface area contributed by atoms with Crippen molar-refractivity contribution < 1.29 is 20.1 Å². The number of hydrogen-bond acceptors (Lipinski definition) is 6. The normalized spacial score (nSPS) is 15.6. The van der Waals surface area contributed by atoms with Crippen LogP contribution in [-0.4, -0.2) is 57.9 Å². The van der Waals surface area contributed by atoms with E-state index in [1.165, 1.54) is 0 Å². The molecule has 0 radical (unpaired) electrons. The Morgan fingerprint density at radius 3 is 2.38 bits per heavy atom. The lowest BCUT2D eigenvalue weighted by molar-refractivity contribution is -0.124. The van der Waals surface area contributed by atoms with Crippen molar-refractivity contribution in [3.8, 4) is 22.6 Å². The maximum Gasteiger partial charge on any atom is 0.239 e. The van der Waals surface area contributed by atoms with Crippen LogP contribution < -0.4 is 11.1 Å². The molecule has 1 amide bonds. The number of aliphatic hydroxyl groups is 1. The molecule has 6 N–H and O–H groups in total. The Bertz CT molecular complexity index is 1030. The molecule has 3 rings (SSSR count). The van der Waals surface area contributed by atoms with E-state index in [4.69, 9.17) is 10.8 Å².